The predicted octanol–water partition coefficient (Wildman–Crippen LogP) is 3.83. The van der Waals surface area contributed by atoms with Gasteiger partial charge in [0.2, 0.25) is 0 Å². The van der Waals surface area contributed by atoms with Crippen molar-refractivity contribution in [2.75, 3.05) is 38.7 Å². The fourth-order valence-corrected chi connectivity index (χ4v) is 5.86. The van der Waals surface area contributed by atoms with Gasteiger partial charge in [0.1, 0.15) is 18.3 Å². The molecule has 2 aromatic carbocycles. The maximum atomic E-state index is 10.3. The van der Waals surface area contributed by atoms with Crippen LogP contribution in [0.15, 0.2) is 52.3 Å². The van der Waals surface area contributed by atoms with E-state index in [-0.39, 0.29) is 6.10 Å². The lowest BCUT2D eigenvalue weighted by molar-refractivity contribution is -0.226. The van der Waals surface area contributed by atoms with Gasteiger partial charge in [-0.05, 0) is 70.1 Å². The first-order valence-corrected chi connectivity index (χ1v) is 12.6. The van der Waals surface area contributed by atoms with Crippen LogP contribution in [0.2, 0.25) is 0 Å². The molecule has 2 heterocycles. The van der Waals surface area contributed by atoms with Crippen LogP contribution in [0.25, 0.3) is 0 Å². The first-order valence-electron chi connectivity index (χ1n) is 11.8. The number of rotatable bonds is 8. The molecule has 2 aliphatic rings. The molecule has 0 aromatic heterocycles. The van der Waals surface area contributed by atoms with Crippen LogP contribution in [0.5, 0.6) is 0 Å². The lowest BCUT2D eigenvalue weighted by atomic mass is 9.93. The number of fused-ring (bicyclic) bond motifs is 2. The Morgan fingerprint density at radius 3 is 2.61 bits per heavy atom. The Balaban J connectivity index is 1.34. The van der Waals surface area contributed by atoms with Gasteiger partial charge >= 0.3 is 0 Å². The molecule has 2 N–H and O–H groups in total. The molecule has 6 nitrogen and oxygen atoms in total. The Hall–Kier alpha value is -1.61. The van der Waals surface area contributed by atoms with Gasteiger partial charge < -0.3 is 29.5 Å². The van der Waals surface area contributed by atoms with Crippen LogP contribution in [0.4, 0.5) is 11.4 Å². The van der Waals surface area contributed by atoms with Crippen molar-refractivity contribution in [3.8, 4) is 0 Å². The molecule has 2 aliphatic heterocycles. The monoisotopic (exact) mass is 472 g/mol. The van der Waals surface area contributed by atoms with Crippen LogP contribution >= 0.6 is 11.8 Å². The van der Waals surface area contributed by atoms with Gasteiger partial charge in [-0.3, -0.25) is 0 Å². The van der Waals surface area contributed by atoms with Crippen LogP contribution in [0, 0.1) is 6.92 Å². The molecule has 0 aliphatic carbocycles. The molecule has 180 valence electrons. The van der Waals surface area contributed by atoms with Crippen molar-refractivity contribution in [1.29, 1.82) is 0 Å². The molecule has 7 heteroatoms. The van der Waals surface area contributed by atoms with Gasteiger partial charge in [-0.25, -0.2) is 0 Å². The summed E-state index contributed by atoms with van der Waals surface area (Å²) in [6.45, 7) is 6.68. The number of benzene rings is 2. The molecule has 0 amide bonds. The van der Waals surface area contributed by atoms with Gasteiger partial charge in [0.25, 0.3) is 0 Å². The van der Waals surface area contributed by atoms with Gasteiger partial charge in [0.05, 0.1) is 23.6 Å². The zero-order valence-corrected chi connectivity index (χ0v) is 20.8. The Kier molecular flexibility index (Phi) is 7.99. The normalized spacial score (nSPS) is 26.9. The first-order chi connectivity index (χ1) is 15.9. The molecule has 4 rings (SSSR count). The number of methoxy groups -OCH3 is 1. The average Bonchev–Trinajstić information content (AvgIpc) is 2.81. The van der Waals surface area contributed by atoms with Crippen molar-refractivity contribution in [3.05, 3.63) is 48.0 Å². The van der Waals surface area contributed by atoms with Crippen molar-refractivity contribution < 1.29 is 19.7 Å². The van der Waals surface area contributed by atoms with E-state index in [2.05, 4.69) is 66.2 Å². The standard InChI is InChI=1S/C26H36N2O4S/c1-17-10-11-23-20(16-17)28(19-8-5-6-9-22(19)33-23)14-7-13-27(3)15-12-21-26(31-4)25(30)24(29)18(2)32-21/h5-6,8-11,16,18,21,24-26,29-30H,7,12-15H2,1-4H3/t18-,21-,24-,25+,26+/m1/s1. The number of hydrogen-bond donors (Lipinski definition) is 2. The molecule has 0 saturated carbocycles. The molecule has 2 aromatic rings. The third kappa shape index (κ3) is 5.39. The zero-order chi connectivity index (χ0) is 23.5. The molecule has 0 unspecified atom stereocenters. The van der Waals surface area contributed by atoms with E-state index in [0.717, 1.165) is 32.5 Å². The highest BCUT2D eigenvalue weighted by molar-refractivity contribution is 7.99. The van der Waals surface area contributed by atoms with E-state index in [1.165, 1.54) is 26.7 Å². The zero-order valence-electron chi connectivity index (χ0n) is 20.0. The van der Waals surface area contributed by atoms with Crippen molar-refractivity contribution >= 4 is 23.1 Å². The van der Waals surface area contributed by atoms with Crippen molar-refractivity contribution in [2.45, 2.75) is 67.0 Å². The molecular weight excluding hydrogens is 436 g/mol. The number of aliphatic hydroxyl groups is 2. The molecule has 1 fully saturated rings. The minimum atomic E-state index is -0.922. The Labute approximate surface area is 201 Å². The van der Waals surface area contributed by atoms with E-state index in [9.17, 15) is 10.2 Å². The highest BCUT2D eigenvalue weighted by Gasteiger charge is 2.42. The van der Waals surface area contributed by atoms with Gasteiger partial charge in [-0.15, -0.1) is 0 Å². The minimum absolute atomic E-state index is 0.230. The minimum Gasteiger partial charge on any atom is -0.388 e. The Bertz CT molecular complexity index is 942. The third-order valence-corrected chi connectivity index (χ3v) is 7.82. The van der Waals surface area contributed by atoms with Crippen molar-refractivity contribution in [3.63, 3.8) is 0 Å². The molecule has 5 atom stereocenters. The van der Waals surface area contributed by atoms with Crippen LogP contribution in [-0.4, -0.2) is 79.4 Å². The van der Waals surface area contributed by atoms with Gasteiger partial charge in [0, 0.05) is 30.0 Å². The van der Waals surface area contributed by atoms with E-state index in [1.807, 2.05) is 11.8 Å². The van der Waals surface area contributed by atoms with Gasteiger partial charge in [-0.2, -0.15) is 0 Å². The maximum Gasteiger partial charge on any atom is 0.112 e. The van der Waals surface area contributed by atoms with Gasteiger partial charge in [-0.1, -0.05) is 30.0 Å². The van der Waals surface area contributed by atoms with Crippen LogP contribution in [-0.2, 0) is 9.47 Å². The van der Waals surface area contributed by atoms with E-state index in [0.29, 0.717) is 0 Å². The highest BCUT2D eigenvalue weighted by atomic mass is 32.2. The summed E-state index contributed by atoms with van der Waals surface area (Å²) in [5.74, 6) is 0. The van der Waals surface area contributed by atoms with Crippen molar-refractivity contribution in [2.24, 2.45) is 0 Å². The highest BCUT2D eigenvalue weighted by Crippen LogP contribution is 2.48. The molecule has 0 spiro atoms. The van der Waals surface area contributed by atoms with E-state index in [4.69, 9.17) is 9.47 Å². The number of ether oxygens (including phenoxy) is 2. The summed E-state index contributed by atoms with van der Waals surface area (Å²) in [5.41, 5.74) is 3.85. The summed E-state index contributed by atoms with van der Waals surface area (Å²) < 4.78 is 11.4. The Morgan fingerprint density at radius 2 is 1.82 bits per heavy atom. The second-order valence-corrected chi connectivity index (χ2v) is 10.3. The fourth-order valence-electron chi connectivity index (χ4n) is 4.79. The lowest BCUT2D eigenvalue weighted by Gasteiger charge is -2.41. The third-order valence-electron chi connectivity index (χ3n) is 6.69. The number of para-hydroxylation sites is 1. The number of aliphatic hydroxyl groups excluding tert-OH is 2. The number of hydrogen-bond acceptors (Lipinski definition) is 7. The molecule has 0 bridgehead atoms. The topological polar surface area (TPSA) is 65.4 Å². The van der Waals surface area contributed by atoms with E-state index < -0.39 is 24.4 Å². The molecule has 33 heavy (non-hydrogen) atoms. The van der Waals surface area contributed by atoms with Crippen molar-refractivity contribution in [1.82, 2.24) is 4.90 Å². The van der Waals surface area contributed by atoms with Gasteiger partial charge in [0.15, 0.2) is 0 Å². The summed E-state index contributed by atoms with van der Waals surface area (Å²) >= 11 is 1.85. The Morgan fingerprint density at radius 1 is 1.06 bits per heavy atom. The van der Waals surface area contributed by atoms with Crippen LogP contribution in [0.3, 0.4) is 0 Å². The second-order valence-electron chi connectivity index (χ2n) is 9.20. The predicted molar refractivity (Wildman–Crippen MR) is 133 cm³/mol. The van der Waals surface area contributed by atoms with Crippen LogP contribution in [0.1, 0.15) is 25.3 Å². The molecule has 1 saturated heterocycles. The number of aryl methyl sites for hydroxylation is 1. The van der Waals surface area contributed by atoms with E-state index in [1.54, 1.807) is 14.0 Å². The first kappa shape index (κ1) is 24.5. The molecular formula is C26H36N2O4S. The number of anilines is 2. The quantitative estimate of drug-likeness (QED) is 0.605. The molecule has 0 radical (unpaired) electrons. The number of nitrogens with zero attached hydrogens (tertiary/aromatic N) is 2. The van der Waals surface area contributed by atoms with E-state index >= 15 is 0 Å². The smallest absolute Gasteiger partial charge is 0.112 e. The summed E-state index contributed by atoms with van der Waals surface area (Å²) in [7, 11) is 3.68. The summed E-state index contributed by atoms with van der Waals surface area (Å²) in [6, 6.07) is 15.3. The average molecular weight is 473 g/mol. The fraction of sp³-hybridized carbons (Fsp3) is 0.538. The summed E-state index contributed by atoms with van der Waals surface area (Å²) in [6.07, 6.45) is -1.20. The lowest BCUT2D eigenvalue weighted by Crippen LogP contribution is -2.57. The SMILES string of the molecule is CO[C@@H]1[C@@H](O)[C@H](O)[C@@H](C)O[C@@H]1CCN(C)CCCN1c2ccccc2Sc2ccc(C)cc21. The largest absolute Gasteiger partial charge is 0.388 e. The van der Waals surface area contributed by atoms with Crippen LogP contribution < -0.4 is 4.90 Å². The summed E-state index contributed by atoms with van der Waals surface area (Å²) in [4.78, 5) is 7.37. The summed E-state index contributed by atoms with van der Waals surface area (Å²) in [5, 5.41) is 20.4. The second kappa shape index (κ2) is 10.8. The maximum absolute atomic E-state index is 10.3.